The first-order valence-electron chi connectivity index (χ1n) is 7.42. The number of nitrogen functional groups attached to an aromatic ring is 1. The van der Waals surface area contributed by atoms with Crippen LogP contribution in [0.4, 0.5) is 11.4 Å². The first-order valence-corrected chi connectivity index (χ1v) is 7.42. The molecule has 4 N–H and O–H groups in total. The molecule has 0 atom stereocenters. The second kappa shape index (κ2) is 6.95. The number of H-pyrrole nitrogens is 1. The maximum absolute atomic E-state index is 12.1. The molecule has 0 saturated carbocycles. The highest BCUT2D eigenvalue weighted by molar-refractivity contribution is 6.02. The van der Waals surface area contributed by atoms with Crippen LogP contribution >= 0.6 is 0 Å². The number of para-hydroxylation sites is 2. The van der Waals surface area contributed by atoms with E-state index in [9.17, 15) is 14.7 Å². The lowest BCUT2D eigenvalue weighted by molar-refractivity contribution is 0.394. The molecular formula is C16H20N4O3. The van der Waals surface area contributed by atoms with Gasteiger partial charge < -0.3 is 10.8 Å². The average Bonchev–Trinajstić information content (AvgIpc) is 2.49. The number of hydrogen-bond acceptors (Lipinski definition) is 5. The summed E-state index contributed by atoms with van der Waals surface area (Å²) in [6.07, 6.45) is 1.56. The summed E-state index contributed by atoms with van der Waals surface area (Å²) < 4.78 is 1.15. The van der Waals surface area contributed by atoms with Crippen molar-refractivity contribution in [3.05, 3.63) is 50.7 Å². The van der Waals surface area contributed by atoms with Gasteiger partial charge in [0.25, 0.3) is 5.56 Å². The number of aromatic amines is 1. The van der Waals surface area contributed by atoms with Gasteiger partial charge in [-0.2, -0.15) is 0 Å². The highest BCUT2D eigenvalue weighted by Gasteiger charge is 2.16. The Bertz CT molecular complexity index is 849. The van der Waals surface area contributed by atoms with Crippen LogP contribution in [0.2, 0.25) is 0 Å². The van der Waals surface area contributed by atoms with Gasteiger partial charge in [-0.15, -0.1) is 0 Å². The molecule has 23 heavy (non-hydrogen) atoms. The standard InChI is InChI=1S/C16H20N4O3/c1-3-4-9-20-15(22)13(14(21)19-16(20)23)10(2)18-12-8-6-5-7-11(12)17/h5-8,22H,3-4,9,17H2,1-2H3,(H,19,21,23). The molecule has 0 saturated heterocycles. The summed E-state index contributed by atoms with van der Waals surface area (Å²) in [6.45, 7) is 3.89. The average molecular weight is 316 g/mol. The Hall–Kier alpha value is -2.83. The number of nitrogens with one attached hydrogen (secondary N) is 1. The van der Waals surface area contributed by atoms with Crippen molar-refractivity contribution in [2.24, 2.45) is 4.99 Å². The molecule has 0 fully saturated rings. The van der Waals surface area contributed by atoms with Crippen LogP contribution in [-0.2, 0) is 6.54 Å². The van der Waals surface area contributed by atoms with Gasteiger partial charge >= 0.3 is 5.69 Å². The number of rotatable bonds is 5. The second-order valence-electron chi connectivity index (χ2n) is 5.22. The Balaban J connectivity index is 2.57. The third kappa shape index (κ3) is 3.50. The van der Waals surface area contributed by atoms with Crippen molar-refractivity contribution < 1.29 is 5.11 Å². The van der Waals surface area contributed by atoms with E-state index < -0.39 is 11.2 Å². The smallest absolute Gasteiger partial charge is 0.331 e. The summed E-state index contributed by atoms with van der Waals surface area (Å²) in [6, 6.07) is 6.95. The van der Waals surface area contributed by atoms with E-state index >= 15 is 0 Å². The zero-order valence-corrected chi connectivity index (χ0v) is 13.2. The second-order valence-corrected chi connectivity index (χ2v) is 5.22. The zero-order valence-electron chi connectivity index (χ0n) is 13.2. The van der Waals surface area contributed by atoms with Crippen LogP contribution in [0.15, 0.2) is 38.8 Å². The van der Waals surface area contributed by atoms with Crippen molar-refractivity contribution in [2.45, 2.75) is 33.2 Å². The molecule has 0 spiro atoms. The summed E-state index contributed by atoms with van der Waals surface area (Å²) in [5, 5.41) is 10.3. The molecule has 122 valence electrons. The molecule has 0 aliphatic rings. The summed E-state index contributed by atoms with van der Waals surface area (Å²) >= 11 is 0. The predicted molar refractivity (Wildman–Crippen MR) is 90.6 cm³/mol. The van der Waals surface area contributed by atoms with Gasteiger partial charge in [0.05, 0.1) is 17.1 Å². The minimum absolute atomic E-state index is 0.0241. The topological polar surface area (TPSA) is 113 Å². The van der Waals surface area contributed by atoms with Gasteiger partial charge in [0, 0.05) is 6.54 Å². The van der Waals surface area contributed by atoms with Crippen molar-refractivity contribution in [2.75, 3.05) is 5.73 Å². The summed E-state index contributed by atoms with van der Waals surface area (Å²) in [4.78, 5) is 30.4. The summed E-state index contributed by atoms with van der Waals surface area (Å²) in [5.74, 6) is -0.372. The summed E-state index contributed by atoms with van der Waals surface area (Å²) in [7, 11) is 0. The Labute approximate surface area is 133 Å². The fourth-order valence-corrected chi connectivity index (χ4v) is 2.24. The lowest BCUT2D eigenvalue weighted by Gasteiger charge is -2.11. The minimum atomic E-state index is -0.670. The van der Waals surface area contributed by atoms with Crippen molar-refractivity contribution >= 4 is 17.1 Å². The molecule has 7 nitrogen and oxygen atoms in total. The van der Waals surface area contributed by atoms with E-state index in [2.05, 4.69) is 9.98 Å². The van der Waals surface area contributed by atoms with Gasteiger partial charge in [-0.25, -0.2) is 4.79 Å². The number of aromatic hydroxyl groups is 1. The molecule has 1 aromatic heterocycles. The van der Waals surface area contributed by atoms with E-state index in [1.165, 1.54) is 0 Å². The van der Waals surface area contributed by atoms with Crippen molar-refractivity contribution in [1.82, 2.24) is 9.55 Å². The number of benzene rings is 1. The van der Waals surface area contributed by atoms with E-state index in [1.807, 2.05) is 6.92 Å². The number of aliphatic imine (C=N–C) groups is 1. The Morgan fingerprint density at radius 2 is 2.04 bits per heavy atom. The van der Waals surface area contributed by atoms with Crippen LogP contribution in [0.5, 0.6) is 5.88 Å². The fraction of sp³-hybridized carbons (Fsp3) is 0.312. The SMILES string of the molecule is CCCCn1c(O)c(C(C)=Nc2ccccc2N)c(=O)[nH]c1=O. The fourth-order valence-electron chi connectivity index (χ4n) is 2.24. The van der Waals surface area contributed by atoms with Gasteiger partial charge in [0.15, 0.2) is 0 Å². The maximum Gasteiger partial charge on any atom is 0.331 e. The highest BCUT2D eigenvalue weighted by atomic mass is 16.3. The number of nitrogens with two attached hydrogens (primary N) is 1. The Morgan fingerprint density at radius 1 is 1.35 bits per heavy atom. The van der Waals surface area contributed by atoms with Crippen LogP contribution in [0, 0.1) is 0 Å². The van der Waals surface area contributed by atoms with Crippen LogP contribution in [-0.4, -0.2) is 20.4 Å². The molecule has 0 aliphatic carbocycles. The number of unbranched alkanes of at least 4 members (excludes halogenated alkanes) is 1. The zero-order chi connectivity index (χ0) is 17.0. The number of aromatic nitrogens is 2. The van der Waals surface area contributed by atoms with E-state index in [-0.39, 0.29) is 17.2 Å². The maximum atomic E-state index is 12.1. The third-order valence-electron chi connectivity index (χ3n) is 3.49. The van der Waals surface area contributed by atoms with Gasteiger partial charge in [0.2, 0.25) is 5.88 Å². The molecule has 0 bridgehead atoms. The van der Waals surface area contributed by atoms with Gasteiger partial charge in [-0.05, 0) is 25.5 Å². The van der Waals surface area contributed by atoms with Crippen LogP contribution in [0.3, 0.4) is 0 Å². The molecule has 0 unspecified atom stereocenters. The normalized spacial score (nSPS) is 11.7. The number of nitrogens with zero attached hydrogens (tertiary/aromatic N) is 2. The van der Waals surface area contributed by atoms with Gasteiger partial charge in [0.1, 0.15) is 5.56 Å². The molecular weight excluding hydrogens is 296 g/mol. The lowest BCUT2D eigenvalue weighted by atomic mass is 10.2. The molecule has 0 aliphatic heterocycles. The van der Waals surface area contributed by atoms with E-state index in [0.29, 0.717) is 24.3 Å². The monoisotopic (exact) mass is 316 g/mol. The highest BCUT2D eigenvalue weighted by Crippen LogP contribution is 2.22. The Kier molecular flexibility index (Phi) is 5.00. The van der Waals surface area contributed by atoms with Crippen LogP contribution in [0.1, 0.15) is 32.3 Å². The van der Waals surface area contributed by atoms with Crippen molar-refractivity contribution in [3.8, 4) is 5.88 Å². The first kappa shape index (κ1) is 16.5. The van der Waals surface area contributed by atoms with Crippen LogP contribution < -0.4 is 17.0 Å². The largest absolute Gasteiger partial charge is 0.494 e. The predicted octanol–water partition coefficient (Wildman–Crippen LogP) is 1.77. The first-order chi connectivity index (χ1) is 11.0. The quantitative estimate of drug-likeness (QED) is 0.576. The third-order valence-corrected chi connectivity index (χ3v) is 3.49. The molecule has 1 aromatic carbocycles. The van der Waals surface area contributed by atoms with Crippen molar-refractivity contribution in [3.63, 3.8) is 0 Å². The number of hydrogen-bond donors (Lipinski definition) is 3. The molecule has 2 rings (SSSR count). The van der Waals surface area contributed by atoms with Gasteiger partial charge in [-0.3, -0.25) is 19.3 Å². The minimum Gasteiger partial charge on any atom is -0.494 e. The van der Waals surface area contributed by atoms with Crippen LogP contribution in [0.25, 0.3) is 0 Å². The van der Waals surface area contributed by atoms with Crippen molar-refractivity contribution in [1.29, 1.82) is 0 Å². The van der Waals surface area contributed by atoms with Gasteiger partial charge in [-0.1, -0.05) is 25.5 Å². The van der Waals surface area contributed by atoms with E-state index in [1.54, 1.807) is 31.2 Å². The molecule has 0 radical (unpaired) electrons. The van der Waals surface area contributed by atoms with E-state index in [4.69, 9.17) is 5.73 Å². The lowest BCUT2D eigenvalue weighted by Crippen LogP contribution is -2.33. The van der Waals surface area contributed by atoms with E-state index in [0.717, 1.165) is 11.0 Å². The summed E-state index contributed by atoms with van der Waals surface area (Å²) in [5.41, 5.74) is 5.75. The molecule has 2 aromatic rings. The number of anilines is 1. The molecule has 1 heterocycles. The molecule has 7 heteroatoms. The molecule has 0 amide bonds. The Morgan fingerprint density at radius 3 is 2.70 bits per heavy atom.